The lowest BCUT2D eigenvalue weighted by Crippen LogP contribution is -2.11. The molecule has 2 N–H and O–H groups in total. The average Bonchev–Trinajstić information content (AvgIpc) is 2.59. The number of aryl methyl sites for hydroxylation is 1. The largest absolute Gasteiger partial charge is 0.366 e. The lowest BCUT2D eigenvalue weighted by molar-refractivity contribution is -0.385. The molecule has 0 saturated carbocycles. The first-order valence-corrected chi connectivity index (χ1v) is 8.87. The topological polar surface area (TPSA) is 86.2 Å². The molecule has 0 unspecified atom stereocenters. The van der Waals surface area contributed by atoms with Crippen molar-refractivity contribution in [3.05, 3.63) is 74.8 Å². The Hall–Kier alpha value is -2.34. The zero-order valence-corrected chi connectivity index (χ0v) is 13.9. The summed E-state index contributed by atoms with van der Waals surface area (Å²) in [5.41, 5.74) is 8.67. The number of hydrogen-bond donors (Lipinski definition) is 1. The van der Waals surface area contributed by atoms with Crippen molar-refractivity contribution in [2.75, 3.05) is 0 Å². The van der Waals surface area contributed by atoms with Crippen LogP contribution in [0.5, 0.6) is 0 Å². The molecule has 2 aromatic carbocycles. The maximum Gasteiger partial charge on any atom is 0.274 e. The van der Waals surface area contributed by atoms with Crippen LogP contribution in [-0.2, 0) is 12.2 Å². The molecule has 3 rings (SSSR count). The summed E-state index contributed by atoms with van der Waals surface area (Å²) >= 11 is 1.72. The van der Waals surface area contributed by atoms with Gasteiger partial charge in [0.05, 0.1) is 4.92 Å². The Balaban J connectivity index is 1.80. The minimum atomic E-state index is -0.654. The Labute approximate surface area is 144 Å². The smallest absolute Gasteiger partial charge is 0.274 e. The highest BCUT2D eigenvalue weighted by atomic mass is 32.2. The van der Waals surface area contributed by atoms with E-state index in [9.17, 15) is 14.9 Å². The summed E-state index contributed by atoms with van der Waals surface area (Å²) < 4.78 is 0. The minimum Gasteiger partial charge on any atom is -0.366 e. The number of benzene rings is 2. The first-order chi connectivity index (χ1) is 11.6. The molecule has 0 aromatic heterocycles. The van der Waals surface area contributed by atoms with Gasteiger partial charge in [-0.15, -0.1) is 11.8 Å². The van der Waals surface area contributed by atoms with E-state index >= 15 is 0 Å². The van der Waals surface area contributed by atoms with E-state index in [1.54, 1.807) is 23.9 Å². The van der Waals surface area contributed by atoms with Crippen molar-refractivity contribution >= 4 is 23.4 Å². The highest BCUT2D eigenvalue weighted by molar-refractivity contribution is 7.98. The van der Waals surface area contributed by atoms with Gasteiger partial charge in [-0.2, -0.15) is 0 Å². The van der Waals surface area contributed by atoms with Crippen molar-refractivity contribution in [1.82, 2.24) is 0 Å². The second-order valence-electron chi connectivity index (χ2n) is 5.86. The molecular formula is C18H18N2O3S. The standard InChI is InChI=1S/C18H18N2O3S/c19-18(21)13-8-9-14(16(10-13)20(22)23)11-24-17-7-3-5-12-4-1-2-6-15(12)17/h1-2,4,6,8-10,17H,3,5,7,11H2,(H2,19,21)/t17-/m0/s1. The van der Waals surface area contributed by atoms with Crippen LogP contribution in [-0.4, -0.2) is 10.8 Å². The van der Waals surface area contributed by atoms with Crippen LogP contribution in [0, 0.1) is 10.1 Å². The second kappa shape index (κ2) is 7.05. The van der Waals surface area contributed by atoms with Gasteiger partial charge in [-0.3, -0.25) is 14.9 Å². The monoisotopic (exact) mass is 342 g/mol. The fourth-order valence-electron chi connectivity index (χ4n) is 3.08. The molecule has 1 aliphatic carbocycles. The van der Waals surface area contributed by atoms with Crippen molar-refractivity contribution in [2.24, 2.45) is 5.73 Å². The highest BCUT2D eigenvalue weighted by Crippen LogP contribution is 2.41. The number of nitrogens with two attached hydrogens (primary N) is 1. The number of hydrogen-bond acceptors (Lipinski definition) is 4. The van der Waals surface area contributed by atoms with E-state index in [2.05, 4.69) is 18.2 Å². The van der Waals surface area contributed by atoms with Crippen molar-refractivity contribution in [1.29, 1.82) is 0 Å². The number of nitro groups is 1. The van der Waals surface area contributed by atoms with E-state index in [0.29, 0.717) is 16.6 Å². The van der Waals surface area contributed by atoms with Crippen molar-refractivity contribution in [3.8, 4) is 0 Å². The number of fused-ring (bicyclic) bond motifs is 1. The van der Waals surface area contributed by atoms with Gasteiger partial charge in [-0.05, 0) is 36.5 Å². The normalized spacial score (nSPS) is 16.4. The third-order valence-electron chi connectivity index (χ3n) is 4.32. The molecule has 2 aromatic rings. The molecule has 0 spiro atoms. The van der Waals surface area contributed by atoms with Gasteiger partial charge >= 0.3 is 0 Å². The maximum absolute atomic E-state index is 11.3. The van der Waals surface area contributed by atoms with Gasteiger partial charge in [-0.25, -0.2) is 0 Å². The van der Waals surface area contributed by atoms with Crippen molar-refractivity contribution < 1.29 is 9.72 Å². The molecule has 5 nitrogen and oxygen atoms in total. The Kier molecular flexibility index (Phi) is 4.85. The lowest BCUT2D eigenvalue weighted by atomic mass is 9.91. The van der Waals surface area contributed by atoms with Gasteiger partial charge in [0.15, 0.2) is 0 Å². The molecular weight excluding hydrogens is 324 g/mol. The quantitative estimate of drug-likeness (QED) is 0.657. The number of amides is 1. The van der Waals surface area contributed by atoms with Crippen LogP contribution in [0.25, 0.3) is 0 Å². The summed E-state index contributed by atoms with van der Waals surface area (Å²) in [6.07, 6.45) is 3.31. The predicted octanol–water partition coefficient (Wildman–Crippen LogP) is 4.00. The number of carbonyl (C=O) groups is 1. The Morgan fingerprint density at radius 2 is 2.08 bits per heavy atom. The van der Waals surface area contributed by atoms with Crippen molar-refractivity contribution in [2.45, 2.75) is 30.3 Å². The summed E-state index contributed by atoms with van der Waals surface area (Å²) in [6.45, 7) is 0. The van der Waals surface area contributed by atoms with Crippen LogP contribution in [0.3, 0.4) is 0 Å². The molecule has 1 atom stereocenters. The third kappa shape index (κ3) is 3.43. The number of rotatable bonds is 5. The molecule has 0 radical (unpaired) electrons. The molecule has 24 heavy (non-hydrogen) atoms. The highest BCUT2D eigenvalue weighted by Gasteiger charge is 2.22. The number of nitrogens with zero attached hydrogens (tertiary/aromatic N) is 1. The van der Waals surface area contributed by atoms with E-state index in [4.69, 9.17) is 5.73 Å². The van der Waals surface area contributed by atoms with E-state index in [1.807, 2.05) is 6.07 Å². The molecule has 6 heteroatoms. The van der Waals surface area contributed by atoms with Crippen LogP contribution >= 0.6 is 11.8 Å². The van der Waals surface area contributed by atoms with E-state index in [1.165, 1.54) is 17.2 Å². The first-order valence-electron chi connectivity index (χ1n) is 7.83. The van der Waals surface area contributed by atoms with Crippen LogP contribution in [0.15, 0.2) is 42.5 Å². The summed E-state index contributed by atoms with van der Waals surface area (Å²) in [5, 5.41) is 11.6. The van der Waals surface area contributed by atoms with Crippen molar-refractivity contribution in [3.63, 3.8) is 0 Å². The van der Waals surface area contributed by atoms with E-state index in [-0.39, 0.29) is 11.3 Å². The van der Waals surface area contributed by atoms with E-state index < -0.39 is 10.8 Å². The fraction of sp³-hybridized carbons (Fsp3) is 0.278. The fourth-order valence-corrected chi connectivity index (χ4v) is 4.45. The lowest BCUT2D eigenvalue weighted by Gasteiger charge is -2.25. The van der Waals surface area contributed by atoms with Crippen LogP contribution < -0.4 is 5.73 Å². The van der Waals surface area contributed by atoms with Gasteiger partial charge in [0.1, 0.15) is 0 Å². The number of carbonyl (C=O) groups excluding carboxylic acids is 1. The number of nitro benzene ring substituents is 1. The first kappa shape index (κ1) is 16.5. The SMILES string of the molecule is NC(=O)c1ccc(CS[C@H]2CCCc3ccccc32)c([N+](=O)[O-])c1. The molecule has 1 amide bonds. The van der Waals surface area contributed by atoms with Gasteiger partial charge in [0.25, 0.3) is 5.69 Å². The van der Waals surface area contributed by atoms with Gasteiger partial charge < -0.3 is 5.73 Å². The maximum atomic E-state index is 11.3. The van der Waals surface area contributed by atoms with Gasteiger partial charge in [0.2, 0.25) is 5.91 Å². The molecule has 0 heterocycles. The summed E-state index contributed by atoms with van der Waals surface area (Å²) in [4.78, 5) is 22.1. The molecule has 124 valence electrons. The molecule has 1 aliphatic rings. The zero-order chi connectivity index (χ0) is 17.1. The number of thioether (sulfide) groups is 1. The third-order valence-corrected chi connectivity index (χ3v) is 5.69. The van der Waals surface area contributed by atoms with Gasteiger partial charge in [-0.1, -0.05) is 30.3 Å². The minimum absolute atomic E-state index is 0.0390. The van der Waals surface area contributed by atoms with Crippen LogP contribution in [0.2, 0.25) is 0 Å². The summed E-state index contributed by atoms with van der Waals surface area (Å²) in [7, 11) is 0. The van der Waals surface area contributed by atoms with Gasteiger partial charge in [0, 0.05) is 28.2 Å². The van der Waals surface area contributed by atoms with Crippen LogP contribution in [0.4, 0.5) is 5.69 Å². The molecule has 0 saturated heterocycles. The average molecular weight is 342 g/mol. The van der Waals surface area contributed by atoms with Crippen LogP contribution in [0.1, 0.15) is 45.1 Å². The van der Waals surface area contributed by atoms with E-state index in [0.717, 1.165) is 19.3 Å². The summed E-state index contributed by atoms with van der Waals surface area (Å²) in [6, 6.07) is 12.9. The Bertz CT molecular complexity index is 792. The Morgan fingerprint density at radius 3 is 2.83 bits per heavy atom. The number of primary amides is 1. The Morgan fingerprint density at radius 1 is 1.29 bits per heavy atom. The second-order valence-corrected chi connectivity index (χ2v) is 7.05. The predicted molar refractivity (Wildman–Crippen MR) is 95.0 cm³/mol. The molecule has 0 bridgehead atoms. The molecule has 0 fully saturated rings. The summed E-state index contributed by atoms with van der Waals surface area (Å²) in [5.74, 6) is -0.118. The zero-order valence-electron chi connectivity index (χ0n) is 13.1. The molecule has 0 aliphatic heterocycles.